The fourth-order valence-electron chi connectivity index (χ4n) is 2.13. The van der Waals surface area contributed by atoms with E-state index < -0.39 is 29.6 Å². The van der Waals surface area contributed by atoms with Gasteiger partial charge in [0.1, 0.15) is 5.60 Å². The van der Waals surface area contributed by atoms with Crippen molar-refractivity contribution in [3.63, 3.8) is 0 Å². The van der Waals surface area contributed by atoms with Crippen molar-refractivity contribution >= 4 is 5.91 Å². The van der Waals surface area contributed by atoms with Gasteiger partial charge in [-0.05, 0) is 26.7 Å². The molecule has 106 valence electrons. The van der Waals surface area contributed by atoms with Crippen LogP contribution in [0.2, 0.25) is 0 Å². The third-order valence-electron chi connectivity index (χ3n) is 3.56. The minimum Gasteiger partial charge on any atom is -0.369 e. The van der Waals surface area contributed by atoms with Crippen LogP contribution in [0.3, 0.4) is 0 Å². The molecule has 0 aromatic rings. The lowest BCUT2D eigenvalue weighted by molar-refractivity contribution is -0.190. The van der Waals surface area contributed by atoms with E-state index in [0.29, 0.717) is 19.3 Å². The van der Waals surface area contributed by atoms with Crippen molar-refractivity contribution in [3.05, 3.63) is 0 Å². The molecule has 0 heterocycles. The summed E-state index contributed by atoms with van der Waals surface area (Å²) >= 11 is 0. The largest absolute Gasteiger partial charge is 0.393 e. The number of carbonyl (C=O) groups excluding carboxylic acids is 1. The van der Waals surface area contributed by atoms with E-state index in [2.05, 4.69) is 5.32 Å². The summed E-state index contributed by atoms with van der Waals surface area (Å²) in [5, 5.41) is 2.48. The molecule has 1 amide bonds. The van der Waals surface area contributed by atoms with Crippen LogP contribution in [0.1, 0.15) is 39.5 Å². The summed E-state index contributed by atoms with van der Waals surface area (Å²) in [5.41, 5.74) is -1.10. The van der Waals surface area contributed by atoms with Crippen LogP contribution in [0.4, 0.5) is 13.2 Å². The molecule has 0 aliphatic heterocycles. The van der Waals surface area contributed by atoms with Gasteiger partial charge >= 0.3 is 6.18 Å². The molecule has 3 nitrogen and oxygen atoms in total. The van der Waals surface area contributed by atoms with Gasteiger partial charge in [0.2, 0.25) is 0 Å². The lowest BCUT2D eigenvalue weighted by Gasteiger charge is -2.35. The normalized spacial score (nSPS) is 25.9. The van der Waals surface area contributed by atoms with Gasteiger partial charge in [-0.15, -0.1) is 0 Å². The molecule has 0 aromatic heterocycles. The van der Waals surface area contributed by atoms with Gasteiger partial charge in [-0.3, -0.25) is 4.79 Å². The second kappa shape index (κ2) is 5.47. The number of hydrogen-bond acceptors (Lipinski definition) is 2. The third kappa shape index (κ3) is 3.60. The van der Waals surface area contributed by atoms with Gasteiger partial charge in [0.15, 0.2) is 0 Å². The summed E-state index contributed by atoms with van der Waals surface area (Å²) in [6, 6.07) is -0.833. The number of ether oxygens (including phenoxy) is 1. The van der Waals surface area contributed by atoms with Crippen molar-refractivity contribution in [1.82, 2.24) is 5.32 Å². The fourth-order valence-corrected chi connectivity index (χ4v) is 2.13. The Morgan fingerprint density at radius 2 is 1.78 bits per heavy atom. The van der Waals surface area contributed by atoms with Crippen LogP contribution in [-0.4, -0.2) is 30.8 Å². The van der Waals surface area contributed by atoms with E-state index >= 15 is 0 Å². The van der Waals surface area contributed by atoms with Crippen molar-refractivity contribution in [3.8, 4) is 0 Å². The van der Waals surface area contributed by atoms with Crippen LogP contribution in [-0.2, 0) is 9.53 Å². The molecule has 1 N–H and O–H groups in total. The lowest BCUT2D eigenvalue weighted by Crippen LogP contribution is -2.53. The zero-order chi connectivity index (χ0) is 14.0. The highest BCUT2D eigenvalue weighted by atomic mass is 19.4. The van der Waals surface area contributed by atoms with Gasteiger partial charge in [-0.1, -0.05) is 12.8 Å². The monoisotopic (exact) mass is 267 g/mol. The minimum absolute atomic E-state index is 0.0852. The first-order chi connectivity index (χ1) is 8.18. The summed E-state index contributed by atoms with van der Waals surface area (Å²) in [6.07, 6.45) is -2.53. The van der Waals surface area contributed by atoms with Gasteiger partial charge < -0.3 is 10.1 Å². The van der Waals surface area contributed by atoms with E-state index in [4.69, 9.17) is 4.74 Å². The average molecular weight is 267 g/mol. The number of amides is 1. The summed E-state index contributed by atoms with van der Waals surface area (Å²) < 4.78 is 43.5. The number of hydrogen-bond donors (Lipinski definition) is 1. The first-order valence-electron chi connectivity index (χ1n) is 6.11. The molecule has 0 bridgehead atoms. The molecule has 18 heavy (non-hydrogen) atoms. The smallest absolute Gasteiger partial charge is 0.369 e. The van der Waals surface area contributed by atoms with Gasteiger partial charge in [-0.25, -0.2) is 0 Å². The van der Waals surface area contributed by atoms with Crippen LogP contribution in [0.25, 0.3) is 0 Å². The van der Waals surface area contributed by atoms with Crippen LogP contribution in [0, 0.1) is 5.92 Å². The molecular weight excluding hydrogens is 247 g/mol. The highest BCUT2D eigenvalue weighted by Crippen LogP contribution is 2.37. The quantitative estimate of drug-likeness (QED) is 0.853. The molecule has 0 saturated heterocycles. The zero-order valence-electron chi connectivity index (χ0n) is 10.9. The van der Waals surface area contributed by atoms with Crippen LogP contribution < -0.4 is 5.32 Å². The topological polar surface area (TPSA) is 38.3 Å². The molecule has 2 unspecified atom stereocenters. The van der Waals surface area contributed by atoms with Crippen molar-refractivity contribution in [1.29, 1.82) is 0 Å². The van der Waals surface area contributed by atoms with Crippen molar-refractivity contribution in [2.45, 2.75) is 57.3 Å². The molecule has 2 atom stereocenters. The van der Waals surface area contributed by atoms with Crippen LogP contribution in [0.5, 0.6) is 0 Å². The van der Waals surface area contributed by atoms with Crippen molar-refractivity contribution in [2.24, 2.45) is 5.92 Å². The van der Waals surface area contributed by atoms with Gasteiger partial charge in [-0.2, -0.15) is 13.2 Å². The first kappa shape index (κ1) is 15.3. The van der Waals surface area contributed by atoms with E-state index in [1.165, 1.54) is 21.0 Å². The van der Waals surface area contributed by atoms with Gasteiger partial charge in [0.25, 0.3) is 5.91 Å². The van der Waals surface area contributed by atoms with Crippen LogP contribution >= 0.6 is 0 Å². The van der Waals surface area contributed by atoms with Crippen molar-refractivity contribution < 1.29 is 22.7 Å². The number of alkyl halides is 3. The molecule has 0 spiro atoms. The number of methoxy groups -OCH3 is 1. The molecule has 1 aliphatic rings. The lowest BCUT2D eigenvalue weighted by atomic mass is 9.83. The Balaban J connectivity index is 2.72. The van der Waals surface area contributed by atoms with E-state index in [1.807, 2.05) is 0 Å². The van der Waals surface area contributed by atoms with E-state index in [0.717, 1.165) is 0 Å². The molecule has 1 rings (SSSR count). The second-order valence-electron chi connectivity index (χ2n) is 5.23. The molecule has 0 aromatic carbocycles. The van der Waals surface area contributed by atoms with Gasteiger partial charge in [0.05, 0.1) is 5.92 Å². The van der Waals surface area contributed by atoms with Crippen LogP contribution in [0.15, 0.2) is 0 Å². The summed E-state index contributed by atoms with van der Waals surface area (Å²) in [4.78, 5) is 11.8. The number of nitrogens with one attached hydrogen (secondary N) is 1. The Morgan fingerprint density at radius 1 is 1.22 bits per heavy atom. The van der Waals surface area contributed by atoms with Gasteiger partial charge in [0, 0.05) is 13.2 Å². The number of rotatable bonds is 3. The Morgan fingerprint density at radius 3 is 2.28 bits per heavy atom. The SMILES string of the molecule is COC(C)(C)C(=O)NC1CCCCC1C(F)(F)F. The first-order valence-corrected chi connectivity index (χ1v) is 6.11. The third-order valence-corrected chi connectivity index (χ3v) is 3.56. The fraction of sp³-hybridized carbons (Fsp3) is 0.917. The minimum atomic E-state index is -4.25. The Kier molecular flexibility index (Phi) is 4.64. The molecule has 1 saturated carbocycles. The Hall–Kier alpha value is -0.780. The molecule has 1 aliphatic carbocycles. The second-order valence-corrected chi connectivity index (χ2v) is 5.23. The standard InChI is InChI=1S/C12H20F3NO2/c1-11(2,18-3)10(17)16-9-7-5-4-6-8(9)12(13,14)15/h8-9H,4-7H2,1-3H3,(H,16,17). The van der Waals surface area contributed by atoms with E-state index in [9.17, 15) is 18.0 Å². The van der Waals surface area contributed by atoms with Crippen molar-refractivity contribution in [2.75, 3.05) is 7.11 Å². The van der Waals surface area contributed by atoms with E-state index in [-0.39, 0.29) is 6.42 Å². The number of halogens is 3. The molecule has 6 heteroatoms. The maximum absolute atomic E-state index is 12.8. The highest BCUT2D eigenvalue weighted by Gasteiger charge is 2.46. The van der Waals surface area contributed by atoms with E-state index in [1.54, 1.807) is 0 Å². The zero-order valence-corrected chi connectivity index (χ0v) is 10.9. The number of carbonyl (C=O) groups is 1. The average Bonchev–Trinajstić information content (AvgIpc) is 2.28. The predicted molar refractivity (Wildman–Crippen MR) is 61.0 cm³/mol. The summed E-state index contributed by atoms with van der Waals surface area (Å²) in [5.74, 6) is -1.94. The summed E-state index contributed by atoms with van der Waals surface area (Å²) in [7, 11) is 1.36. The molecular formula is C12H20F3NO2. The highest BCUT2D eigenvalue weighted by molar-refractivity contribution is 5.84. The maximum Gasteiger partial charge on any atom is 0.393 e. The Bertz CT molecular complexity index is 302. The maximum atomic E-state index is 12.8. The molecule has 0 radical (unpaired) electrons. The summed E-state index contributed by atoms with van der Waals surface area (Å²) in [6.45, 7) is 3.07. The Labute approximate surface area is 105 Å². The molecule has 1 fully saturated rings. The predicted octanol–water partition coefficient (Wildman–Crippen LogP) is 2.65.